The van der Waals surface area contributed by atoms with E-state index >= 15 is 0 Å². The molecule has 0 bridgehead atoms. The molecule has 1 aliphatic rings. The highest BCUT2D eigenvalue weighted by molar-refractivity contribution is 5.77. The van der Waals surface area contributed by atoms with E-state index in [1.165, 1.54) is 0 Å². The average molecular weight is 213 g/mol. The standard InChI is InChI=1S/C8H15NO2.C2H6.C2H2/c1-7(11)5-9-4-2-3-8(9)6-10;2*1-2/h8,10H,2-6H2,1H3;1-2H3;1-2H. The van der Waals surface area contributed by atoms with Crippen molar-refractivity contribution in [1.82, 2.24) is 4.90 Å². The van der Waals surface area contributed by atoms with E-state index in [0.29, 0.717) is 6.54 Å². The minimum Gasteiger partial charge on any atom is -0.395 e. The monoisotopic (exact) mass is 213 g/mol. The maximum atomic E-state index is 10.7. The predicted octanol–water partition coefficient (Wildman–Crippen LogP) is 1.31. The Morgan fingerprint density at radius 3 is 2.40 bits per heavy atom. The van der Waals surface area contributed by atoms with Gasteiger partial charge in [-0.2, -0.15) is 0 Å². The summed E-state index contributed by atoms with van der Waals surface area (Å²) in [5.41, 5.74) is 0. The normalized spacial score (nSPS) is 19.5. The molecule has 1 aliphatic heterocycles. The molecule has 0 amide bonds. The topological polar surface area (TPSA) is 40.5 Å². The average Bonchev–Trinajstić information content (AvgIpc) is 2.70. The van der Waals surface area contributed by atoms with E-state index in [0.717, 1.165) is 19.4 Å². The molecule has 0 radical (unpaired) electrons. The number of carbonyl (C=O) groups is 1. The molecule has 1 fully saturated rings. The number of hydrogen-bond donors (Lipinski definition) is 1. The lowest BCUT2D eigenvalue weighted by Gasteiger charge is -2.20. The van der Waals surface area contributed by atoms with Crippen molar-refractivity contribution in [3.05, 3.63) is 0 Å². The molecule has 15 heavy (non-hydrogen) atoms. The molecule has 3 nitrogen and oxygen atoms in total. The Kier molecular flexibility index (Phi) is 12.4. The first kappa shape index (κ1) is 16.6. The molecule has 1 rings (SSSR count). The number of ketones is 1. The van der Waals surface area contributed by atoms with Crippen molar-refractivity contribution in [2.75, 3.05) is 19.7 Å². The van der Waals surface area contributed by atoms with Crippen LogP contribution in [0.3, 0.4) is 0 Å². The fourth-order valence-electron chi connectivity index (χ4n) is 1.60. The maximum absolute atomic E-state index is 10.7. The third-order valence-electron chi connectivity index (χ3n) is 2.14. The van der Waals surface area contributed by atoms with Gasteiger partial charge in [0.25, 0.3) is 0 Å². The van der Waals surface area contributed by atoms with Crippen molar-refractivity contribution in [2.24, 2.45) is 0 Å². The van der Waals surface area contributed by atoms with Crippen LogP contribution in [0.5, 0.6) is 0 Å². The Hall–Kier alpha value is -0.850. The van der Waals surface area contributed by atoms with E-state index in [9.17, 15) is 4.79 Å². The minimum absolute atomic E-state index is 0.186. The maximum Gasteiger partial charge on any atom is 0.143 e. The zero-order valence-electron chi connectivity index (χ0n) is 10.1. The molecule has 0 aromatic carbocycles. The number of Topliss-reactive ketones (excluding diaryl/α,β-unsaturated/α-hetero) is 1. The van der Waals surface area contributed by atoms with Crippen molar-refractivity contribution >= 4 is 5.78 Å². The van der Waals surface area contributed by atoms with Gasteiger partial charge in [-0.25, -0.2) is 0 Å². The summed E-state index contributed by atoms with van der Waals surface area (Å²) >= 11 is 0. The van der Waals surface area contributed by atoms with Crippen molar-refractivity contribution in [3.8, 4) is 12.8 Å². The second-order valence-corrected chi connectivity index (χ2v) is 3.15. The van der Waals surface area contributed by atoms with Crippen molar-refractivity contribution < 1.29 is 9.90 Å². The van der Waals surface area contributed by atoms with Gasteiger partial charge in [-0.15, -0.1) is 12.8 Å². The van der Waals surface area contributed by atoms with Gasteiger partial charge in [0.15, 0.2) is 0 Å². The molecule has 1 saturated heterocycles. The van der Waals surface area contributed by atoms with Crippen LogP contribution in [0, 0.1) is 12.8 Å². The number of nitrogens with zero attached hydrogens (tertiary/aromatic N) is 1. The minimum atomic E-state index is 0.186. The van der Waals surface area contributed by atoms with Gasteiger partial charge in [-0.05, 0) is 26.3 Å². The van der Waals surface area contributed by atoms with E-state index in [-0.39, 0.29) is 18.4 Å². The fraction of sp³-hybridized carbons (Fsp3) is 0.750. The van der Waals surface area contributed by atoms with Crippen LogP contribution in [0.4, 0.5) is 0 Å². The molecule has 1 N–H and O–H groups in total. The number of hydrogen-bond acceptors (Lipinski definition) is 3. The van der Waals surface area contributed by atoms with Crippen molar-refractivity contribution in [3.63, 3.8) is 0 Å². The largest absolute Gasteiger partial charge is 0.395 e. The van der Waals surface area contributed by atoms with Gasteiger partial charge in [0.05, 0.1) is 13.2 Å². The molecule has 3 heteroatoms. The number of terminal acetylenes is 1. The van der Waals surface area contributed by atoms with Crippen LogP contribution in [0.15, 0.2) is 0 Å². The summed E-state index contributed by atoms with van der Waals surface area (Å²) < 4.78 is 0. The molecule has 1 heterocycles. The third kappa shape index (κ3) is 7.12. The van der Waals surface area contributed by atoms with Gasteiger partial charge in [0.2, 0.25) is 0 Å². The molecule has 1 unspecified atom stereocenters. The van der Waals surface area contributed by atoms with Gasteiger partial charge in [0, 0.05) is 6.04 Å². The Bertz CT molecular complexity index is 178. The lowest BCUT2D eigenvalue weighted by Crippen LogP contribution is -2.35. The SMILES string of the molecule is C#C.CC.CC(=O)CN1CCCC1CO. The van der Waals surface area contributed by atoms with Crippen LogP contribution in [-0.4, -0.2) is 41.5 Å². The van der Waals surface area contributed by atoms with Gasteiger partial charge in [0.1, 0.15) is 5.78 Å². The Morgan fingerprint density at radius 1 is 1.47 bits per heavy atom. The van der Waals surface area contributed by atoms with E-state index < -0.39 is 0 Å². The molecule has 0 aromatic heterocycles. The number of carbonyl (C=O) groups excluding carboxylic acids is 1. The first-order valence-corrected chi connectivity index (χ1v) is 5.41. The fourth-order valence-corrected chi connectivity index (χ4v) is 1.60. The summed E-state index contributed by atoms with van der Waals surface area (Å²) in [6.45, 7) is 7.25. The molecule has 0 aliphatic carbocycles. The highest BCUT2D eigenvalue weighted by Gasteiger charge is 2.23. The molecular weight excluding hydrogens is 190 g/mol. The first-order chi connectivity index (χ1) is 7.24. The molecule has 88 valence electrons. The third-order valence-corrected chi connectivity index (χ3v) is 2.14. The van der Waals surface area contributed by atoms with Crippen molar-refractivity contribution in [2.45, 2.75) is 39.7 Å². The number of likely N-dealkylation sites (tertiary alicyclic amines) is 1. The van der Waals surface area contributed by atoms with Gasteiger partial charge in [-0.3, -0.25) is 9.69 Å². The number of aliphatic hydroxyl groups excluding tert-OH is 1. The molecule has 0 spiro atoms. The van der Waals surface area contributed by atoms with Gasteiger partial charge in [-0.1, -0.05) is 13.8 Å². The van der Waals surface area contributed by atoms with E-state index in [2.05, 4.69) is 17.7 Å². The summed E-state index contributed by atoms with van der Waals surface area (Å²) in [7, 11) is 0. The molecule has 0 saturated carbocycles. The second kappa shape index (κ2) is 11.2. The van der Waals surface area contributed by atoms with E-state index in [1.807, 2.05) is 13.8 Å². The van der Waals surface area contributed by atoms with Crippen LogP contribution in [0.1, 0.15) is 33.6 Å². The summed E-state index contributed by atoms with van der Waals surface area (Å²) in [5, 5.41) is 8.90. The smallest absolute Gasteiger partial charge is 0.143 e. The second-order valence-electron chi connectivity index (χ2n) is 3.15. The Morgan fingerprint density at radius 2 is 2.00 bits per heavy atom. The molecular formula is C12H23NO2. The lowest BCUT2D eigenvalue weighted by atomic mass is 10.2. The summed E-state index contributed by atoms with van der Waals surface area (Å²) in [6.07, 6.45) is 10.1. The van der Waals surface area contributed by atoms with Crippen LogP contribution >= 0.6 is 0 Å². The quantitative estimate of drug-likeness (QED) is 0.719. The summed E-state index contributed by atoms with van der Waals surface area (Å²) in [6, 6.07) is 0.235. The number of rotatable bonds is 3. The van der Waals surface area contributed by atoms with Crippen LogP contribution in [0.25, 0.3) is 0 Å². The van der Waals surface area contributed by atoms with Gasteiger partial charge < -0.3 is 5.11 Å². The Labute approximate surface area is 93.5 Å². The lowest BCUT2D eigenvalue weighted by molar-refractivity contribution is -0.118. The van der Waals surface area contributed by atoms with Crippen LogP contribution in [0.2, 0.25) is 0 Å². The summed E-state index contributed by atoms with van der Waals surface area (Å²) in [4.78, 5) is 12.8. The van der Waals surface area contributed by atoms with Gasteiger partial charge >= 0.3 is 0 Å². The highest BCUT2D eigenvalue weighted by atomic mass is 16.3. The molecule has 0 aromatic rings. The van der Waals surface area contributed by atoms with Crippen LogP contribution in [-0.2, 0) is 4.79 Å². The predicted molar refractivity (Wildman–Crippen MR) is 63.6 cm³/mol. The molecule has 1 atom stereocenters. The highest BCUT2D eigenvalue weighted by Crippen LogP contribution is 2.15. The van der Waals surface area contributed by atoms with Crippen LogP contribution < -0.4 is 0 Å². The first-order valence-electron chi connectivity index (χ1n) is 5.41. The zero-order chi connectivity index (χ0) is 12.3. The van der Waals surface area contributed by atoms with Crippen molar-refractivity contribution in [1.29, 1.82) is 0 Å². The Balaban J connectivity index is 0. The van der Waals surface area contributed by atoms with E-state index in [1.54, 1.807) is 6.92 Å². The number of aliphatic hydroxyl groups is 1. The summed E-state index contributed by atoms with van der Waals surface area (Å²) in [5.74, 6) is 0.186. The van der Waals surface area contributed by atoms with E-state index in [4.69, 9.17) is 5.11 Å². The zero-order valence-corrected chi connectivity index (χ0v) is 10.1.